The van der Waals surface area contributed by atoms with E-state index in [1.54, 1.807) is 40.0 Å². The second-order valence-electron chi connectivity index (χ2n) is 8.30. The van der Waals surface area contributed by atoms with E-state index in [-0.39, 0.29) is 17.1 Å². The van der Waals surface area contributed by atoms with Gasteiger partial charge in [-0.25, -0.2) is 0 Å². The Hall–Kier alpha value is 0.320. The van der Waals surface area contributed by atoms with Crippen LogP contribution in [0.5, 0.6) is 0 Å². The van der Waals surface area contributed by atoms with Gasteiger partial charge in [-0.05, 0) is 88.4 Å². The zero-order chi connectivity index (χ0) is 28.4. The molecule has 0 heterocycles. The average molecular weight is 1020 g/mol. The van der Waals surface area contributed by atoms with Crippen LogP contribution in [0.1, 0.15) is 0 Å². The molecule has 0 unspecified atom stereocenters. The van der Waals surface area contributed by atoms with Crippen molar-refractivity contribution >= 4 is 55.4 Å². The Morgan fingerprint density at radius 3 is 0.732 bits per heavy atom. The minimum Gasteiger partial charge on any atom is 0 e. The normalized spacial score (nSPS) is 14.6. The predicted molar refractivity (Wildman–Crippen MR) is 171 cm³/mol. The minimum atomic E-state index is -0.409. The van der Waals surface area contributed by atoms with Crippen LogP contribution in [0.25, 0.3) is 0 Å². The second kappa shape index (κ2) is 22.8. The molecule has 0 nitrogen and oxygen atoms in total. The van der Waals surface area contributed by atoms with Gasteiger partial charge >= 0.3 is 58.4 Å². The quantitative estimate of drug-likeness (QED) is 0.135. The van der Waals surface area contributed by atoms with Crippen molar-refractivity contribution in [2.24, 2.45) is 0 Å². The second-order valence-corrected chi connectivity index (χ2v) is 12.7. The van der Waals surface area contributed by atoms with Gasteiger partial charge < -0.3 is 0 Å². The van der Waals surface area contributed by atoms with Crippen molar-refractivity contribution in [3.8, 4) is 0 Å². The van der Waals surface area contributed by atoms with Crippen LogP contribution in [0.15, 0.2) is 121 Å². The van der Waals surface area contributed by atoms with Crippen LogP contribution in [0.2, 0.25) is 0 Å². The summed E-state index contributed by atoms with van der Waals surface area (Å²) in [4.78, 5) is 0. The topological polar surface area (TPSA) is 0 Å². The van der Waals surface area contributed by atoms with E-state index in [2.05, 4.69) is 191 Å². The predicted octanol–water partition coefficient (Wildman–Crippen LogP) is 8.34. The van der Waals surface area contributed by atoms with Gasteiger partial charge in [0.25, 0.3) is 0 Å². The van der Waals surface area contributed by atoms with Crippen molar-refractivity contribution in [3.63, 3.8) is 0 Å². The summed E-state index contributed by atoms with van der Waals surface area (Å²) >= 11 is 3.50. The molecule has 0 amide bonds. The molecule has 2 aliphatic rings. The first-order chi connectivity index (χ1) is 19.9. The molecule has 0 saturated heterocycles. The van der Waals surface area contributed by atoms with E-state index in [1.165, 1.54) is 32.5 Å². The van der Waals surface area contributed by atoms with Crippen LogP contribution in [0, 0.1) is 62.7 Å². The van der Waals surface area contributed by atoms with Crippen LogP contribution in [-0.4, -0.2) is 0 Å². The van der Waals surface area contributed by atoms with Crippen molar-refractivity contribution in [1.82, 2.24) is 0 Å². The van der Waals surface area contributed by atoms with Crippen LogP contribution < -0.4 is 21.2 Å². The van der Waals surface area contributed by atoms with Crippen molar-refractivity contribution in [1.29, 1.82) is 0 Å². The molecule has 0 aromatic heterocycles. The molecular weight excluding hydrogens is 991 g/mol. The molecule has 2 fully saturated rings. The maximum atomic E-state index is 4.58. The smallest absolute Gasteiger partial charge is 0 e. The van der Waals surface area contributed by atoms with E-state index in [9.17, 15) is 0 Å². The molecule has 6 rings (SSSR count). The first-order valence-electron chi connectivity index (χ1n) is 12.4. The molecule has 4 aromatic rings. The SMILES string of the molecule is [CH]1[CH][CH][C](P(c2ccccc2)c2ccccc2)[CH]1.[CH]1[CH][CH][C](P(c2ccccc2)c2ccccc2)[CH]1.[Cl][Au].[Cl][Au].[Fe]. The number of hydrogen-bond donors (Lipinski definition) is 0. The molecule has 2 saturated carbocycles. The first-order valence-corrected chi connectivity index (χ1v) is 20.4. The summed E-state index contributed by atoms with van der Waals surface area (Å²) in [5.41, 5.74) is 2.84. The number of benzene rings is 4. The summed E-state index contributed by atoms with van der Waals surface area (Å²) in [6, 6.07) is 43.1. The molecule has 0 spiro atoms. The number of halogens is 2. The summed E-state index contributed by atoms with van der Waals surface area (Å²) in [6.45, 7) is 0. The summed E-state index contributed by atoms with van der Waals surface area (Å²) in [5.74, 6) is 0. The van der Waals surface area contributed by atoms with Crippen LogP contribution in [-0.2, 0) is 57.0 Å². The molecule has 0 atom stereocenters. The summed E-state index contributed by atoms with van der Waals surface area (Å²) in [5, 5.41) is 5.63. The van der Waals surface area contributed by atoms with E-state index in [1.807, 2.05) is 0 Å². The minimum absolute atomic E-state index is 0. The molecule has 10 radical (unpaired) electrons. The summed E-state index contributed by atoms with van der Waals surface area (Å²) in [6.07, 6.45) is 17.4. The first kappa shape index (κ1) is 37.5. The summed E-state index contributed by atoms with van der Waals surface area (Å²) in [7, 11) is 8.35. The largest absolute Gasteiger partial charge is 0 e. The van der Waals surface area contributed by atoms with E-state index >= 15 is 0 Å². The zero-order valence-electron chi connectivity index (χ0n) is 21.8. The van der Waals surface area contributed by atoms with Gasteiger partial charge in [0.1, 0.15) is 0 Å². The van der Waals surface area contributed by atoms with Gasteiger partial charge in [0.2, 0.25) is 0 Å². The van der Waals surface area contributed by atoms with Gasteiger partial charge in [-0.15, -0.1) is 0 Å². The maximum Gasteiger partial charge on any atom is 0 e. The standard InChI is InChI=1S/2C17H14P.2Au.2ClH.Fe/c2*1-3-9-15(10-4-1)18(17-13-7-8-14-17)16-11-5-2-6-12-16;;;;;/h2*1-14H;;;2*1H;/q;;2*+1;;;/p-2. The van der Waals surface area contributed by atoms with Crippen molar-refractivity contribution in [2.45, 2.75) is 0 Å². The van der Waals surface area contributed by atoms with Crippen LogP contribution in [0.4, 0.5) is 0 Å². The van der Waals surface area contributed by atoms with Crippen molar-refractivity contribution < 1.29 is 57.0 Å². The van der Waals surface area contributed by atoms with E-state index in [4.69, 9.17) is 0 Å². The van der Waals surface area contributed by atoms with Gasteiger partial charge in [0.05, 0.1) is 0 Å². The fourth-order valence-corrected chi connectivity index (χ4v) is 8.84. The van der Waals surface area contributed by atoms with Gasteiger partial charge in [-0.3, -0.25) is 0 Å². The van der Waals surface area contributed by atoms with E-state index in [0.717, 1.165) is 0 Å². The molecule has 0 bridgehead atoms. The van der Waals surface area contributed by atoms with Gasteiger partial charge in [-0.2, -0.15) is 0 Å². The molecule has 0 aliphatic heterocycles. The Balaban J connectivity index is 0.000000251. The molecule has 41 heavy (non-hydrogen) atoms. The molecular formula is C34H28Au2Cl2FeP2. The van der Waals surface area contributed by atoms with Gasteiger partial charge in [0.15, 0.2) is 0 Å². The Morgan fingerprint density at radius 1 is 0.341 bits per heavy atom. The Bertz CT molecular complexity index is 988. The van der Waals surface area contributed by atoms with Crippen molar-refractivity contribution in [3.05, 3.63) is 184 Å². The molecule has 218 valence electrons. The van der Waals surface area contributed by atoms with E-state index < -0.39 is 15.8 Å². The third-order valence-corrected chi connectivity index (χ3v) is 10.8. The molecule has 4 aromatic carbocycles. The zero-order valence-corrected chi connectivity index (χ0v) is 30.5. The molecule has 7 heteroatoms. The average Bonchev–Trinajstić information content (AvgIpc) is 3.78. The van der Waals surface area contributed by atoms with Crippen LogP contribution in [0.3, 0.4) is 0 Å². The number of hydrogen-bond acceptors (Lipinski definition) is 0. The van der Waals surface area contributed by atoms with E-state index in [0.29, 0.717) is 0 Å². The number of rotatable bonds is 6. The Morgan fingerprint density at radius 2 is 0.537 bits per heavy atom. The molecule has 2 aliphatic carbocycles. The third-order valence-electron chi connectivity index (χ3n) is 5.86. The maximum absolute atomic E-state index is 4.58. The summed E-state index contributed by atoms with van der Waals surface area (Å²) < 4.78 is 0. The van der Waals surface area contributed by atoms with Crippen LogP contribution >= 0.6 is 34.2 Å². The fraction of sp³-hybridized carbons (Fsp3) is 0. The monoisotopic (exact) mass is 1020 g/mol. The van der Waals surface area contributed by atoms with Gasteiger partial charge in [0, 0.05) is 28.4 Å². The Kier molecular flexibility index (Phi) is 20.8. The van der Waals surface area contributed by atoms with Gasteiger partial charge in [-0.1, -0.05) is 121 Å². The fourth-order valence-electron chi connectivity index (χ4n) is 4.23. The molecule has 0 N–H and O–H groups in total. The third kappa shape index (κ3) is 12.0. The Labute approximate surface area is 293 Å². The van der Waals surface area contributed by atoms with Crippen molar-refractivity contribution in [2.75, 3.05) is 0 Å².